The lowest BCUT2D eigenvalue weighted by Crippen LogP contribution is -2.26. The number of fused-ring (bicyclic) bond motifs is 2. The molecule has 2 aromatic heterocycles. The molecule has 0 spiro atoms. The summed E-state index contributed by atoms with van der Waals surface area (Å²) in [5.41, 5.74) is 5.39. The number of sulfone groups is 1. The molecule has 28 heavy (non-hydrogen) atoms. The molecular formula is C21H25N3O3S. The Labute approximate surface area is 164 Å². The van der Waals surface area contributed by atoms with Crippen LogP contribution in [0.4, 0.5) is 5.69 Å². The second-order valence-electron chi connectivity index (χ2n) is 8.22. The van der Waals surface area contributed by atoms with Crippen LogP contribution in [0, 0.1) is 5.92 Å². The quantitative estimate of drug-likeness (QED) is 0.732. The number of hydrogen-bond donors (Lipinski definition) is 1. The molecule has 0 radical (unpaired) electrons. The number of nitrogens with zero attached hydrogens (tertiary/aromatic N) is 2. The van der Waals surface area contributed by atoms with Gasteiger partial charge in [0.2, 0.25) is 0 Å². The average Bonchev–Trinajstić information content (AvgIpc) is 2.95. The number of pyridine rings is 1. The van der Waals surface area contributed by atoms with Gasteiger partial charge in [0.25, 0.3) is 5.56 Å². The minimum Gasteiger partial charge on any atom is -0.366 e. The zero-order chi connectivity index (χ0) is 20.2. The molecule has 7 heteroatoms. The maximum absolute atomic E-state index is 12.6. The third-order valence-electron chi connectivity index (χ3n) is 5.16. The van der Waals surface area contributed by atoms with E-state index in [1.165, 1.54) is 6.26 Å². The van der Waals surface area contributed by atoms with Crippen LogP contribution in [0.2, 0.25) is 0 Å². The molecule has 1 N–H and O–H groups in total. The van der Waals surface area contributed by atoms with Crippen LogP contribution in [0.3, 0.4) is 0 Å². The predicted octanol–water partition coefficient (Wildman–Crippen LogP) is 3.05. The molecule has 1 aliphatic heterocycles. The number of aromatic nitrogens is 2. The van der Waals surface area contributed by atoms with Gasteiger partial charge in [-0.2, -0.15) is 0 Å². The molecule has 3 aromatic rings. The first-order valence-electron chi connectivity index (χ1n) is 9.39. The second-order valence-corrected chi connectivity index (χ2v) is 10.4. The molecular weight excluding hydrogens is 374 g/mol. The van der Waals surface area contributed by atoms with Gasteiger partial charge < -0.3 is 14.5 Å². The van der Waals surface area contributed by atoms with E-state index in [2.05, 4.69) is 23.7 Å². The van der Waals surface area contributed by atoms with Crippen molar-refractivity contribution < 1.29 is 8.42 Å². The lowest BCUT2D eigenvalue weighted by Gasteiger charge is -2.27. The molecule has 0 amide bonds. The van der Waals surface area contributed by atoms with Gasteiger partial charge in [0.05, 0.1) is 5.75 Å². The van der Waals surface area contributed by atoms with Crippen LogP contribution in [0.25, 0.3) is 22.0 Å². The molecule has 4 rings (SSSR count). The fraction of sp³-hybridized carbons (Fsp3) is 0.381. The van der Waals surface area contributed by atoms with Crippen molar-refractivity contribution in [3.63, 3.8) is 0 Å². The normalized spacial score (nSPS) is 13.8. The fourth-order valence-electron chi connectivity index (χ4n) is 4.12. The van der Waals surface area contributed by atoms with Gasteiger partial charge in [-0.3, -0.25) is 4.79 Å². The lowest BCUT2D eigenvalue weighted by atomic mass is 9.99. The molecule has 0 fully saturated rings. The fourth-order valence-corrected chi connectivity index (χ4v) is 4.91. The van der Waals surface area contributed by atoms with Crippen molar-refractivity contribution in [2.24, 2.45) is 13.0 Å². The first kappa shape index (κ1) is 18.8. The SMILES string of the molecule is CC(C)CN1Cc2c[nH]c3c(=O)n(C)cc(c23)-c2cc(CS(C)(=O)=O)ccc21. The van der Waals surface area contributed by atoms with Crippen LogP contribution < -0.4 is 10.5 Å². The molecule has 0 saturated heterocycles. The van der Waals surface area contributed by atoms with E-state index in [-0.39, 0.29) is 11.3 Å². The number of benzene rings is 1. The molecule has 148 valence electrons. The number of hydrogen-bond acceptors (Lipinski definition) is 4. The number of H-pyrrole nitrogens is 1. The van der Waals surface area contributed by atoms with Gasteiger partial charge in [0.1, 0.15) is 5.52 Å². The number of nitrogens with one attached hydrogen (secondary N) is 1. The van der Waals surface area contributed by atoms with Crippen molar-refractivity contribution >= 4 is 26.4 Å². The smallest absolute Gasteiger partial charge is 0.274 e. The van der Waals surface area contributed by atoms with E-state index in [9.17, 15) is 13.2 Å². The summed E-state index contributed by atoms with van der Waals surface area (Å²) in [6.07, 6.45) is 5.04. The van der Waals surface area contributed by atoms with Gasteiger partial charge >= 0.3 is 0 Å². The molecule has 0 unspecified atom stereocenters. The third-order valence-corrected chi connectivity index (χ3v) is 6.01. The summed E-state index contributed by atoms with van der Waals surface area (Å²) in [5, 5.41) is 0.937. The Kier molecular flexibility index (Phi) is 4.38. The minimum atomic E-state index is -3.14. The first-order chi connectivity index (χ1) is 13.1. The molecule has 6 nitrogen and oxygen atoms in total. The lowest BCUT2D eigenvalue weighted by molar-refractivity contribution is 0.601. The van der Waals surface area contributed by atoms with Gasteiger partial charge in [-0.05, 0) is 29.2 Å². The highest BCUT2D eigenvalue weighted by Crippen LogP contribution is 2.41. The van der Waals surface area contributed by atoms with E-state index in [4.69, 9.17) is 0 Å². The third kappa shape index (κ3) is 3.24. The van der Waals surface area contributed by atoms with E-state index < -0.39 is 9.84 Å². The van der Waals surface area contributed by atoms with Crippen molar-refractivity contribution in [1.82, 2.24) is 9.55 Å². The van der Waals surface area contributed by atoms with Crippen molar-refractivity contribution in [3.05, 3.63) is 52.1 Å². The van der Waals surface area contributed by atoms with Crippen molar-refractivity contribution in [2.75, 3.05) is 17.7 Å². The highest BCUT2D eigenvalue weighted by molar-refractivity contribution is 7.89. The van der Waals surface area contributed by atoms with Gasteiger partial charge in [0.15, 0.2) is 9.84 Å². The zero-order valence-electron chi connectivity index (χ0n) is 16.6. The molecule has 0 bridgehead atoms. The molecule has 0 atom stereocenters. The topological polar surface area (TPSA) is 75.2 Å². The molecule has 0 saturated carbocycles. The van der Waals surface area contributed by atoms with Crippen molar-refractivity contribution in [2.45, 2.75) is 26.1 Å². The van der Waals surface area contributed by atoms with E-state index in [0.29, 0.717) is 18.0 Å². The summed E-state index contributed by atoms with van der Waals surface area (Å²) >= 11 is 0. The number of anilines is 1. The average molecular weight is 400 g/mol. The Balaban J connectivity index is 2.02. The van der Waals surface area contributed by atoms with E-state index in [1.54, 1.807) is 11.6 Å². The summed E-state index contributed by atoms with van der Waals surface area (Å²) in [6.45, 7) is 5.93. The summed E-state index contributed by atoms with van der Waals surface area (Å²) in [4.78, 5) is 18.1. The Morgan fingerprint density at radius 2 is 1.96 bits per heavy atom. The standard InChI is InChI=1S/C21H25N3O3S/c1-13(2)9-24-10-15-8-22-20-19(15)17(11-23(3)21(20)25)16-7-14(5-6-18(16)24)12-28(4,26)27/h5-8,11,13,22H,9-10,12H2,1-4H3. The summed E-state index contributed by atoms with van der Waals surface area (Å²) in [5.74, 6) is 0.463. The largest absolute Gasteiger partial charge is 0.366 e. The molecule has 3 heterocycles. The molecule has 1 aromatic carbocycles. The highest BCUT2D eigenvalue weighted by Gasteiger charge is 2.25. The van der Waals surface area contributed by atoms with Gasteiger partial charge in [-0.25, -0.2) is 8.42 Å². The Hall–Kier alpha value is -2.54. The van der Waals surface area contributed by atoms with Crippen molar-refractivity contribution in [1.29, 1.82) is 0 Å². The van der Waals surface area contributed by atoms with Gasteiger partial charge in [-0.1, -0.05) is 19.9 Å². The van der Waals surface area contributed by atoms with Gasteiger partial charge in [-0.15, -0.1) is 0 Å². The number of aryl methyl sites for hydroxylation is 1. The summed E-state index contributed by atoms with van der Waals surface area (Å²) in [6, 6.07) is 5.88. The van der Waals surface area contributed by atoms with Crippen molar-refractivity contribution in [3.8, 4) is 11.1 Å². The monoisotopic (exact) mass is 399 g/mol. The van der Waals surface area contributed by atoms with Gasteiger partial charge in [0, 0.05) is 61.0 Å². The Bertz CT molecular complexity index is 1240. The van der Waals surface area contributed by atoms with Crippen LogP contribution in [0.1, 0.15) is 25.0 Å². The minimum absolute atomic E-state index is 0.000633. The first-order valence-corrected chi connectivity index (χ1v) is 11.5. The Morgan fingerprint density at radius 1 is 1.21 bits per heavy atom. The van der Waals surface area contributed by atoms with Crippen LogP contribution >= 0.6 is 0 Å². The Morgan fingerprint density at radius 3 is 2.64 bits per heavy atom. The molecule has 1 aliphatic rings. The second kappa shape index (κ2) is 6.51. The predicted molar refractivity (Wildman–Crippen MR) is 113 cm³/mol. The van der Waals surface area contributed by atoms with Crippen LogP contribution in [-0.4, -0.2) is 30.8 Å². The highest BCUT2D eigenvalue weighted by atomic mass is 32.2. The molecule has 0 aliphatic carbocycles. The van der Waals surface area contributed by atoms with E-state index in [1.807, 2.05) is 30.6 Å². The van der Waals surface area contributed by atoms with E-state index >= 15 is 0 Å². The van der Waals surface area contributed by atoms with Crippen LogP contribution in [-0.2, 0) is 29.2 Å². The maximum Gasteiger partial charge on any atom is 0.274 e. The zero-order valence-corrected chi connectivity index (χ0v) is 17.4. The number of rotatable bonds is 4. The van der Waals surface area contributed by atoms with Crippen LogP contribution in [0.15, 0.2) is 35.4 Å². The maximum atomic E-state index is 12.6. The number of aromatic amines is 1. The summed E-state index contributed by atoms with van der Waals surface area (Å²) < 4.78 is 25.3. The summed E-state index contributed by atoms with van der Waals surface area (Å²) in [7, 11) is -1.39. The van der Waals surface area contributed by atoms with Crippen LogP contribution in [0.5, 0.6) is 0 Å². The van der Waals surface area contributed by atoms with E-state index in [0.717, 1.165) is 39.9 Å².